The average molecular weight is 187 g/mol. The Morgan fingerprint density at radius 1 is 1.36 bits per heavy atom. The highest BCUT2D eigenvalue weighted by Gasteiger charge is 2.27. The molecule has 0 fully saturated rings. The molecule has 1 aliphatic rings. The first-order valence-electron chi connectivity index (χ1n) is 4.52. The highest BCUT2D eigenvalue weighted by Crippen LogP contribution is 2.30. The van der Waals surface area contributed by atoms with Gasteiger partial charge < -0.3 is 9.30 Å². The second kappa shape index (κ2) is 2.38. The Balaban J connectivity index is 2.52. The van der Waals surface area contributed by atoms with Crippen LogP contribution in [0.1, 0.15) is 16.1 Å². The van der Waals surface area contributed by atoms with Crippen LogP contribution in [0.2, 0.25) is 0 Å². The van der Waals surface area contributed by atoms with Crippen LogP contribution in [-0.2, 0) is 18.4 Å². The lowest BCUT2D eigenvalue weighted by Gasteiger charge is -1.99. The van der Waals surface area contributed by atoms with Crippen LogP contribution in [0.3, 0.4) is 0 Å². The van der Waals surface area contributed by atoms with E-state index in [2.05, 4.69) is 0 Å². The number of esters is 1. The van der Waals surface area contributed by atoms with Gasteiger partial charge >= 0.3 is 5.97 Å². The molecule has 0 saturated carbocycles. The van der Waals surface area contributed by atoms with Gasteiger partial charge in [-0.15, -0.1) is 0 Å². The molecule has 0 radical (unpaired) electrons. The van der Waals surface area contributed by atoms with Gasteiger partial charge in [-0.1, -0.05) is 18.2 Å². The average Bonchev–Trinajstić information content (AvgIpc) is 2.70. The molecule has 70 valence electrons. The number of ether oxygens (including phenoxy) is 1. The van der Waals surface area contributed by atoms with Crippen LogP contribution in [0.15, 0.2) is 24.3 Å². The Morgan fingerprint density at radius 3 is 3.00 bits per heavy atom. The summed E-state index contributed by atoms with van der Waals surface area (Å²) >= 11 is 0. The number of carbonyl (C=O) groups excluding carboxylic acids is 1. The first kappa shape index (κ1) is 7.62. The number of hydrogen-bond donors (Lipinski definition) is 0. The van der Waals surface area contributed by atoms with Gasteiger partial charge in [0.25, 0.3) is 0 Å². The number of para-hydroxylation sites is 1. The van der Waals surface area contributed by atoms with Crippen LogP contribution in [0.5, 0.6) is 0 Å². The van der Waals surface area contributed by atoms with Crippen molar-refractivity contribution in [1.29, 1.82) is 0 Å². The number of rotatable bonds is 0. The molecule has 0 atom stereocenters. The van der Waals surface area contributed by atoms with Crippen molar-refractivity contribution in [2.45, 2.75) is 6.61 Å². The van der Waals surface area contributed by atoms with E-state index in [0.717, 1.165) is 22.2 Å². The number of aromatic nitrogens is 1. The van der Waals surface area contributed by atoms with Crippen LogP contribution < -0.4 is 0 Å². The van der Waals surface area contributed by atoms with E-state index in [0.29, 0.717) is 6.61 Å². The number of aryl methyl sites for hydroxylation is 1. The van der Waals surface area contributed by atoms with E-state index in [1.54, 1.807) is 0 Å². The summed E-state index contributed by atoms with van der Waals surface area (Å²) in [6.07, 6.45) is 0. The van der Waals surface area contributed by atoms with Gasteiger partial charge in [0, 0.05) is 18.0 Å². The molecular formula is C11H9NO2. The number of benzene rings is 1. The van der Waals surface area contributed by atoms with Crippen molar-refractivity contribution < 1.29 is 9.53 Å². The maximum Gasteiger partial charge on any atom is 0.341 e. The van der Waals surface area contributed by atoms with E-state index < -0.39 is 0 Å². The molecule has 3 rings (SSSR count). The van der Waals surface area contributed by atoms with Crippen molar-refractivity contribution in [3.05, 3.63) is 35.5 Å². The van der Waals surface area contributed by atoms with Gasteiger partial charge in [-0.05, 0) is 6.07 Å². The normalized spacial score (nSPS) is 14.5. The van der Waals surface area contributed by atoms with Crippen LogP contribution in [0.25, 0.3) is 10.9 Å². The molecule has 0 bridgehead atoms. The lowest BCUT2D eigenvalue weighted by atomic mass is 10.1. The molecule has 0 N–H and O–H groups in total. The summed E-state index contributed by atoms with van der Waals surface area (Å²) < 4.78 is 7.02. The quantitative estimate of drug-likeness (QED) is 0.589. The summed E-state index contributed by atoms with van der Waals surface area (Å²) in [4.78, 5) is 11.5. The summed E-state index contributed by atoms with van der Waals surface area (Å²) in [5.41, 5.74) is 2.81. The molecule has 0 unspecified atom stereocenters. The first-order chi connectivity index (χ1) is 6.79. The predicted octanol–water partition coefficient (Wildman–Crippen LogP) is 1.85. The molecule has 2 aromatic rings. The monoisotopic (exact) mass is 187 g/mol. The van der Waals surface area contributed by atoms with Gasteiger partial charge in [-0.25, -0.2) is 4.79 Å². The zero-order valence-electron chi connectivity index (χ0n) is 7.78. The van der Waals surface area contributed by atoms with Crippen molar-refractivity contribution in [3.63, 3.8) is 0 Å². The third-order valence-corrected chi connectivity index (χ3v) is 2.77. The minimum Gasteiger partial charge on any atom is -0.456 e. The minimum atomic E-state index is -0.197. The summed E-state index contributed by atoms with van der Waals surface area (Å²) in [5.74, 6) is -0.197. The number of cyclic esters (lactones) is 1. The number of carbonyl (C=O) groups is 1. The molecular weight excluding hydrogens is 178 g/mol. The minimum absolute atomic E-state index is 0.197. The first-order valence-corrected chi connectivity index (χ1v) is 4.52. The van der Waals surface area contributed by atoms with Crippen molar-refractivity contribution in [2.24, 2.45) is 7.05 Å². The van der Waals surface area contributed by atoms with Gasteiger partial charge in [-0.2, -0.15) is 0 Å². The topological polar surface area (TPSA) is 31.2 Å². The highest BCUT2D eigenvalue weighted by atomic mass is 16.5. The van der Waals surface area contributed by atoms with Crippen LogP contribution in [0.4, 0.5) is 0 Å². The Hall–Kier alpha value is -1.77. The Morgan fingerprint density at radius 2 is 2.14 bits per heavy atom. The fraction of sp³-hybridized carbons (Fsp3) is 0.182. The number of hydrogen-bond acceptors (Lipinski definition) is 2. The lowest BCUT2D eigenvalue weighted by molar-refractivity contribution is 0.0532. The van der Waals surface area contributed by atoms with Gasteiger partial charge in [-0.3, -0.25) is 0 Å². The van der Waals surface area contributed by atoms with Crippen LogP contribution in [0, 0.1) is 0 Å². The molecule has 1 aromatic heterocycles. The zero-order chi connectivity index (χ0) is 9.71. The third kappa shape index (κ3) is 0.744. The van der Waals surface area contributed by atoms with Gasteiger partial charge in [0.2, 0.25) is 0 Å². The smallest absolute Gasteiger partial charge is 0.341 e. The van der Waals surface area contributed by atoms with Crippen molar-refractivity contribution in [3.8, 4) is 0 Å². The van der Waals surface area contributed by atoms with Crippen molar-refractivity contribution in [2.75, 3.05) is 0 Å². The third-order valence-electron chi connectivity index (χ3n) is 2.77. The Labute approximate surface area is 80.9 Å². The number of nitrogens with zero attached hydrogens (tertiary/aromatic N) is 1. The second-order valence-corrected chi connectivity index (χ2v) is 3.47. The van der Waals surface area contributed by atoms with Crippen LogP contribution in [-0.4, -0.2) is 10.5 Å². The Kier molecular flexibility index (Phi) is 1.29. The maximum absolute atomic E-state index is 11.5. The molecule has 1 aromatic carbocycles. The summed E-state index contributed by atoms with van der Waals surface area (Å²) in [6, 6.07) is 7.89. The fourth-order valence-electron chi connectivity index (χ4n) is 2.05. The molecule has 3 nitrogen and oxygen atoms in total. The van der Waals surface area contributed by atoms with Crippen LogP contribution >= 0.6 is 0 Å². The molecule has 14 heavy (non-hydrogen) atoms. The molecule has 0 amide bonds. The maximum atomic E-state index is 11.5. The molecule has 0 spiro atoms. The molecule has 0 saturated heterocycles. The molecule has 3 heteroatoms. The lowest BCUT2D eigenvalue weighted by Crippen LogP contribution is -1.94. The van der Waals surface area contributed by atoms with Gasteiger partial charge in [0.15, 0.2) is 0 Å². The summed E-state index contributed by atoms with van der Waals surface area (Å²) in [6.45, 7) is 0.402. The highest BCUT2D eigenvalue weighted by molar-refractivity contribution is 6.07. The zero-order valence-corrected chi connectivity index (χ0v) is 7.78. The van der Waals surface area contributed by atoms with Crippen molar-refractivity contribution in [1.82, 2.24) is 4.57 Å². The van der Waals surface area contributed by atoms with Crippen molar-refractivity contribution >= 4 is 16.9 Å². The predicted molar refractivity (Wildman–Crippen MR) is 52.0 cm³/mol. The summed E-state index contributed by atoms with van der Waals surface area (Å²) in [7, 11) is 1.96. The van der Waals surface area contributed by atoms with E-state index in [1.165, 1.54) is 0 Å². The van der Waals surface area contributed by atoms with E-state index in [1.807, 2.05) is 35.9 Å². The largest absolute Gasteiger partial charge is 0.456 e. The SMILES string of the molecule is Cn1c2c(c3ccccc31)C(=O)OC2. The molecule has 0 aliphatic carbocycles. The van der Waals surface area contributed by atoms with E-state index in [4.69, 9.17) is 4.74 Å². The van der Waals surface area contributed by atoms with Gasteiger partial charge in [0.05, 0.1) is 11.3 Å². The molecule has 2 heterocycles. The van der Waals surface area contributed by atoms with E-state index in [-0.39, 0.29) is 5.97 Å². The van der Waals surface area contributed by atoms with E-state index in [9.17, 15) is 4.79 Å². The Bertz CT molecular complexity index is 539. The fourth-order valence-corrected chi connectivity index (χ4v) is 2.05. The summed E-state index contributed by atoms with van der Waals surface area (Å²) in [5, 5.41) is 0.993. The van der Waals surface area contributed by atoms with E-state index >= 15 is 0 Å². The van der Waals surface area contributed by atoms with Gasteiger partial charge in [0.1, 0.15) is 6.61 Å². The standard InChI is InChI=1S/C11H9NO2/c1-12-8-5-3-2-4-7(8)10-9(12)6-14-11(10)13/h2-5H,6H2,1H3. The number of fused-ring (bicyclic) bond motifs is 3. The second-order valence-electron chi connectivity index (χ2n) is 3.47. The molecule has 1 aliphatic heterocycles.